The Labute approximate surface area is 154 Å². The molecule has 0 saturated carbocycles. The standard InChI is InChI=1S/C16H18N8O3/c1-3-8-26-12-6-4-11(5-7-12)9-18-20-16(25)13-10(2)24(23-19-13)15-14(17)21-27-22-15/h4-7,9H,3,8H2,1-2H3,(H2,17,21)(H,20,25)/b18-9-. The van der Waals surface area contributed by atoms with Crippen LogP contribution in [-0.4, -0.2) is 44.0 Å². The minimum Gasteiger partial charge on any atom is -0.494 e. The maximum Gasteiger partial charge on any atom is 0.293 e. The maximum absolute atomic E-state index is 12.2. The van der Waals surface area contributed by atoms with Crippen LogP contribution in [0.5, 0.6) is 5.75 Å². The first kappa shape index (κ1) is 18.0. The Kier molecular flexibility index (Phi) is 5.40. The molecule has 2 heterocycles. The van der Waals surface area contributed by atoms with Gasteiger partial charge in [-0.3, -0.25) is 4.79 Å². The SMILES string of the molecule is CCCOc1ccc(/C=N\NC(=O)c2nnn(-c3nonc3N)c2C)cc1. The molecule has 0 aliphatic carbocycles. The molecular formula is C16H18N8O3. The Balaban J connectivity index is 1.63. The monoisotopic (exact) mass is 370 g/mol. The lowest BCUT2D eigenvalue weighted by molar-refractivity contribution is 0.0949. The molecule has 0 saturated heterocycles. The zero-order valence-electron chi connectivity index (χ0n) is 14.8. The Morgan fingerprint density at radius 2 is 2.15 bits per heavy atom. The van der Waals surface area contributed by atoms with Crippen molar-refractivity contribution in [1.29, 1.82) is 0 Å². The number of carbonyl (C=O) groups excluding carboxylic acids is 1. The number of anilines is 1. The molecule has 0 radical (unpaired) electrons. The van der Waals surface area contributed by atoms with Gasteiger partial charge in [-0.05, 0) is 53.5 Å². The highest BCUT2D eigenvalue weighted by molar-refractivity contribution is 5.94. The predicted octanol–water partition coefficient (Wildman–Crippen LogP) is 1.09. The quantitative estimate of drug-likeness (QED) is 0.464. The molecule has 3 N–H and O–H groups in total. The Hall–Kier alpha value is -3.76. The first-order valence-electron chi connectivity index (χ1n) is 8.17. The molecule has 0 spiro atoms. The number of nitrogen functional groups attached to an aromatic ring is 1. The average molecular weight is 370 g/mol. The molecule has 140 valence electrons. The second-order valence-electron chi connectivity index (χ2n) is 5.52. The predicted molar refractivity (Wildman–Crippen MR) is 95.7 cm³/mol. The van der Waals surface area contributed by atoms with Crippen LogP contribution in [0.25, 0.3) is 5.82 Å². The van der Waals surface area contributed by atoms with E-state index >= 15 is 0 Å². The molecule has 11 heteroatoms. The van der Waals surface area contributed by atoms with E-state index in [-0.39, 0.29) is 17.3 Å². The van der Waals surface area contributed by atoms with Crippen molar-refractivity contribution < 1.29 is 14.2 Å². The van der Waals surface area contributed by atoms with Crippen LogP contribution >= 0.6 is 0 Å². The summed E-state index contributed by atoms with van der Waals surface area (Å²) in [6, 6.07) is 7.35. The fraction of sp³-hybridized carbons (Fsp3) is 0.250. The van der Waals surface area contributed by atoms with Crippen molar-refractivity contribution >= 4 is 17.9 Å². The smallest absolute Gasteiger partial charge is 0.293 e. The van der Waals surface area contributed by atoms with E-state index in [4.69, 9.17) is 10.5 Å². The molecule has 2 aromatic heterocycles. The Morgan fingerprint density at radius 3 is 2.81 bits per heavy atom. The number of amides is 1. The summed E-state index contributed by atoms with van der Waals surface area (Å²) in [7, 11) is 0. The average Bonchev–Trinajstić information content (AvgIpc) is 3.26. The van der Waals surface area contributed by atoms with Gasteiger partial charge < -0.3 is 10.5 Å². The first-order chi connectivity index (χ1) is 13.1. The summed E-state index contributed by atoms with van der Waals surface area (Å²) in [6.07, 6.45) is 2.46. The van der Waals surface area contributed by atoms with Gasteiger partial charge in [0.1, 0.15) is 5.75 Å². The normalized spacial score (nSPS) is 11.0. The summed E-state index contributed by atoms with van der Waals surface area (Å²) in [4.78, 5) is 12.2. The van der Waals surface area contributed by atoms with Crippen molar-refractivity contribution in [2.45, 2.75) is 20.3 Å². The van der Waals surface area contributed by atoms with E-state index < -0.39 is 5.91 Å². The number of aromatic nitrogens is 5. The van der Waals surface area contributed by atoms with E-state index in [0.717, 1.165) is 17.7 Å². The van der Waals surface area contributed by atoms with Crippen molar-refractivity contribution in [3.8, 4) is 11.6 Å². The van der Waals surface area contributed by atoms with Crippen LogP contribution in [0, 0.1) is 6.92 Å². The van der Waals surface area contributed by atoms with Crippen LogP contribution in [0.1, 0.15) is 35.1 Å². The van der Waals surface area contributed by atoms with Gasteiger partial charge in [0.2, 0.25) is 11.6 Å². The number of nitrogens with zero attached hydrogens (tertiary/aromatic N) is 6. The van der Waals surface area contributed by atoms with Crippen LogP contribution in [0.2, 0.25) is 0 Å². The highest BCUT2D eigenvalue weighted by Crippen LogP contribution is 2.14. The Morgan fingerprint density at radius 1 is 1.37 bits per heavy atom. The molecule has 3 rings (SSSR count). The number of rotatable bonds is 7. The zero-order chi connectivity index (χ0) is 19.2. The molecule has 1 amide bonds. The van der Waals surface area contributed by atoms with E-state index in [1.165, 1.54) is 10.9 Å². The highest BCUT2D eigenvalue weighted by Gasteiger charge is 2.20. The van der Waals surface area contributed by atoms with Gasteiger partial charge in [-0.25, -0.2) is 10.1 Å². The van der Waals surface area contributed by atoms with E-state index in [2.05, 4.69) is 35.8 Å². The molecule has 0 aliphatic heterocycles. The number of nitrogens with two attached hydrogens (primary N) is 1. The Bertz CT molecular complexity index is 945. The third kappa shape index (κ3) is 4.08. The summed E-state index contributed by atoms with van der Waals surface area (Å²) in [6.45, 7) is 4.35. The van der Waals surface area contributed by atoms with Gasteiger partial charge in [0.05, 0.1) is 18.5 Å². The minimum atomic E-state index is -0.520. The van der Waals surface area contributed by atoms with Crippen LogP contribution in [0.3, 0.4) is 0 Å². The molecule has 0 atom stereocenters. The number of hydrazone groups is 1. The molecular weight excluding hydrogens is 352 g/mol. The lowest BCUT2D eigenvalue weighted by atomic mass is 10.2. The van der Waals surface area contributed by atoms with Gasteiger partial charge in [-0.15, -0.1) is 5.10 Å². The van der Waals surface area contributed by atoms with E-state index in [1.54, 1.807) is 6.92 Å². The van der Waals surface area contributed by atoms with Crippen molar-refractivity contribution in [3.05, 3.63) is 41.2 Å². The fourth-order valence-corrected chi connectivity index (χ4v) is 2.17. The van der Waals surface area contributed by atoms with E-state index in [1.807, 2.05) is 31.2 Å². The first-order valence-corrected chi connectivity index (χ1v) is 8.17. The van der Waals surface area contributed by atoms with Crippen LogP contribution in [-0.2, 0) is 0 Å². The second-order valence-corrected chi connectivity index (χ2v) is 5.52. The van der Waals surface area contributed by atoms with Gasteiger partial charge in [-0.2, -0.15) is 9.78 Å². The molecule has 3 aromatic rings. The number of hydrogen-bond donors (Lipinski definition) is 2. The fourth-order valence-electron chi connectivity index (χ4n) is 2.17. The van der Waals surface area contributed by atoms with E-state index in [9.17, 15) is 4.79 Å². The summed E-state index contributed by atoms with van der Waals surface area (Å²) in [5.41, 5.74) is 9.33. The largest absolute Gasteiger partial charge is 0.494 e. The number of nitrogens with one attached hydrogen (secondary N) is 1. The maximum atomic E-state index is 12.2. The lowest BCUT2D eigenvalue weighted by Gasteiger charge is -2.03. The molecule has 0 fully saturated rings. The molecule has 27 heavy (non-hydrogen) atoms. The number of benzene rings is 1. The van der Waals surface area contributed by atoms with Crippen LogP contribution in [0.15, 0.2) is 34.0 Å². The van der Waals surface area contributed by atoms with Crippen molar-refractivity contribution in [2.75, 3.05) is 12.3 Å². The van der Waals surface area contributed by atoms with E-state index in [0.29, 0.717) is 12.3 Å². The summed E-state index contributed by atoms with van der Waals surface area (Å²) < 4.78 is 11.3. The van der Waals surface area contributed by atoms with Crippen molar-refractivity contribution in [1.82, 2.24) is 30.7 Å². The minimum absolute atomic E-state index is 0.0411. The van der Waals surface area contributed by atoms with Gasteiger partial charge in [0.25, 0.3) is 5.91 Å². The van der Waals surface area contributed by atoms with Crippen LogP contribution < -0.4 is 15.9 Å². The van der Waals surface area contributed by atoms with Gasteiger partial charge in [0.15, 0.2) is 5.69 Å². The van der Waals surface area contributed by atoms with Gasteiger partial charge in [0, 0.05) is 0 Å². The summed E-state index contributed by atoms with van der Waals surface area (Å²) in [5.74, 6) is 0.465. The summed E-state index contributed by atoms with van der Waals surface area (Å²) in [5, 5.41) is 18.7. The number of hydrogen-bond acceptors (Lipinski definition) is 9. The third-order valence-electron chi connectivity index (χ3n) is 3.54. The molecule has 11 nitrogen and oxygen atoms in total. The van der Waals surface area contributed by atoms with Crippen LogP contribution in [0.4, 0.5) is 5.82 Å². The molecule has 0 aliphatic rings. The zero-order valence-corrected chi connectivity index (χ0v) is 14.8. The lowest BCUT2D eigenvalue weighted by Crippen LogP contribution is -2.19. The van der Waals surface area contributed by atoms with Gasteiger partial charge >= 0.3 is 0 Å². The molecule has 1 aromatic carbocycles. The highest BCUT2D eigenvalue weighted by atomic mass is 16.6. The van der Waals surface area contributed by atoms with Gasteiger partial charge in [-0.1, -0.05) is 12.1 Å². The third-order valence-corrected chi connectivity index (χ3v) is 3.54. The topological polar surface area (TPSA) is 146 Å². The van der Waals surface area contributed by atoms with Crippen molar-refractivity contribution in [3.63, 3.8) is 0 Å². The van der Waals surface area contributed by atoms with Crippen molar-refractivity contribution in [2.24, 2.45) is 5.10 Å². The second kappa shape index (κ2) is 8.08. The number of ether oxygens (including phenoxy) is 1. The summed E-state index contributed by atoms with van der Waals surface area (Å²) >= 11 is 0. The number of carbonyl (C=O) groups is 1. The molecule has 0 bridgehead atoms. The molecule has 0 unspecified atom stereocenters.